The molecule has 0 aromatic heterocycles. The third kappa shape index (κ3) is 1.52. The lowest BCUT2D eigenvalue weighted by Crippen LogP contribution is -2.31. The summed E-state index contributed by atoms with van der Waals surface area (Å²) in [5, 5.41) is 13.7. The fourth-order valence-electron chi connectivity index (χ4n) is 3.63. The van der Waals surface area contributed by atoms with E-state index in [1.54, 1.807) is 12.3 Å². The molecule has 1 unspecified atom stereocenters. The van der Waals surface area contributed by atoms with Gasteiger partial charge in [0.15, 0.2) is 17.3 Å². The molecule has 2 aromatic rings. The number of methoxy groups -OCH3 is 1. The number of carbonyl (C=O) groups excluding carboxylic acids is 1. The number of Topliss-reactive ketones (excluding diaryl/α,β-unsaturated/α-hetero) is 1. The first-order chi connectivity index (χ1) is 11.7. The van der Waals surface area contributed by atoms with Gasteiger partial charge in [0.1, 0.15) is 17.5 Å². The minimum atomic E-state index is -0.520. The monoisotopic (exact) mass is 323 g/mol. The summed E-state index contributed by atoms with van der Waals surface area (Å²) in [5.41, 5.74) is 3.26. The summed E-state index contributed by atoms with van der Waals surface area (Å²) in [7, 11) is 1.50. The summed E-state index contributed by atoms with van der Waals surface area (Å²) in [6.45, 7) is 0.118. The van der Waals surface area contributed by atoms with Crippen LogP contribution in [0, 0.1) is 0 Å². The Morgan fingerprint density at radius 3 is 2.96 bits per heavy atom. The van der Waals surface area contributed by atoms with E-state index in [1.165, 1.54) is 13.2 Å². The largest absolute Gasteiger partial charge is 0.507 e. The van der Waals surface area contributed by atoms with Crippen LogP contribution in [0.1, 0.15) is 27.5 Å². The lowest BCUT2D eigenvalue weighted by atomic mass is 9.77. The van der Waals surface area contributed by atoms with E-state index in [9.17, 15) is 9.90 Å². The number of fused-ring (bicyclic) bond motifs is 4. The molecule has 6 heteroatoms. The average molecular weight is 323 g/mol. The van der Waals surface area contributed by atoms with Crippen LogP contribution in [0.4, 0.5) is 0 Å². The number of hydrogen-bond acceptors (Lipinski definition) is 6. The molecule has 0 spiro atoms. The van der Waals surface area contributed by atoms with Crippen LogP contribution >= 0.6 is 0 Å². The quantitative estimate of drug-likeness (QED) is 0.840. The lowest BCUT2D eigenvalue weighted by molar-refractivity contribution is 0.0946. The Kier molecular flexibility index (Phi) is 2.46. The van der Waals surface area contributed by atoms with Gasteiger partial charge in [-0.25, -0.2) is 0 Å². The van der Waals surface area contributed by atoms with Crippen molar-refractivity contribution in [2.75, 3.05) is 13.9 Å². The van der Waals surface area contributed by atoms with Gasteiger partial charge in [0.2, 0.25) is 6.79 Å². The Labute approximate surface area is 137 Å². The number of rotatable bonds is 1. The van der Waals surface area contributed by atoms with Crippen molar-refractivity contribution in [1.82, 2.24) is 5.32 Å². The highest BCUT2D eigenvalue weighted by atomic mass is 16.7. The maximum atomic E-state index is 13.0. The molecular weight excluding hydrogens is 310 g/mol. The third-order valence-corrected chi connectivity index (χ3v) is 4.65. The second-order valence-electron chi connectivity index (χ2n) is 5.85. The van der Waals surface area contributed by atoms with Crippen LogP contribution in [-0.4, -0.2) is 24.8 Å². The first-order valence-electron chi connectivity index (χ1n) is 7.53. The van der Waals surface area contributed by atoms with Crippen molar-refractivity contribution in [3.8, 4) is 34.1 Å². The van der Waals surface area contributed by atoms with E-state index in [4.69, 9.17) is 14.2 Å². The van der Waals surface area contributed by atoms with Gasteiger partial charge in [-0.2, -0.15) is 0 Å². The molecule has 1 aliphatic carbocycles. The number of aromatic hydroxyl groups is 1. The number of ether oxygens (including phenoxy) is 3. The smallest absolute Gasteiger partial charge is 0.231 e. The van der Waals surface area contributed by atoms with E-state index >= 15 is 0 Å². The fraction of sp³-hybridized carbons (Fsp3) is 0.167. The summed E-state index contributed by atoms with van der Waals surface area (Å²) >= 11 is 0. The van der Waals surface area contributed by atoms with Gasteiger partial charge in [-0.05, 0) is 30.0 Å². The summed E-state index contributed by atoms with van der Waals surface area (Å²) in [6.07, 6.45) is 3.64. The lowest BCUT2D eigenvalue weighted by Gasteiger charge is -2.31. The molecule has 0 radical (unpaired) electrons. The molecule has 2 aromatic carbocycles. The van der Waals surface area contributed by atoms with Crippen LogP contribution in [-0.2, 0) is 0 Å². The number of benzene rings is 2. The van der Waals surface area contributed by atoms with Crippen molar-refractivity contribution in [1.29, 1.82) is 0 Å². The maximum absolute atomic E-state index is 13.0. The number of hydrogen-bond donors (Lipinski definition) is 2. The van der Waals surface area contributed by atoms with E-state index in [0.29, 0.717) is 33.9 Å². The maximum Gasteiger partial charge on any atom is 0.231 e. The Morgan fingerprint density at radius 1 is 1.25 bits per heavy atom. The highest BCUT2D eigenvalue weighted by Gasteiger charge is 2.40. The topological polar surface area (TPSA) is 77.0 Å². The zero-order valence-corrected chi connectivity index (χ0v) is 12.8. The molecule has 120 valence electrons. The van der Waals surface area contributed by atoms with Gasteiger partial charge < -0.3 is 24.6 Å². The van der Waals surface area contributed by atoms with E-state index in [1.807, 2.05) is 12.1 Å². The first kappa shape index (κ1) is 13.3. The van der Waals surface area contributed by atoms with Crippen LogP contribution < -0.4 is 19.5 Å². The van der Waals surface area contributed by atoms with Crippen LogP contribution in [0.3, 0.4) is 0 Å². The summed E-state index contributed by atoms with van der Waals surface area (Å²) < 4.78 is 16.4. The fourth-order valence-corrected chi connectivity index (χ4v) is 3.63. The van der Waals surface area contributed by atoms with E-state index in [-0.39, 0.29) is 18.3 Å². The van der Waals surface area contributed by atoms with Crippen LogP contribution in [0.15, 0.2) is 24.4 Å². The van der Waals surface area contributed by atoms with E-state index < -0.39 is 6.04 Å². The van der Waals surface area contributed by atoms with Crippen LogP contribution in [0.2, 0.25) is 0 Å². The van der Waals surface area contributed by atoms with Crippen molar-refractivity contribution in [3.63, 3.8) is 0 Å². The van der Waals surface area contributed by atoms with Gasteiger partial charge in [0.25, 0.3) is 0 Å². The zero-order chi connectivity index (χ0) is 16.4. The number of carbonyl (C=O) groups is 1. The predicted molar refractivity (Wildman–Crippen MR) is 85.5 cm³/mol. The molecular formula is C18H13NO5. The molecule has 0 saturated carbocycles. The molecule has 5 rings (SSSR count). The minimum Gasteiger partial charge on any atom is -0.507 e. The molecule has 1 atom stereocenters. The number of nitrogens with one attached hydrogen (secondary N) is 1. The van der Waals surface area contributed by atoms with Crippen LogP contribution in [0.25, 0.3) is 17.2 Å². The Morgan fingerprint density at radius 2 is 2.12 bits per heavy atom. The molecule has 24 heavy (non-hydrogen) atoms. The highest BCUT2D eigenvalue weighted by Crippen LogP contribution is 2.55. The van der Waals surface area contributed by atoms with Crippen LogP contribution in [0.5, 0.6) is 23.0 Å². The van der Waals surface area contributed by atoms with Crippen molar-refractivity contribution in [3.05, 3.63) is 41.1 Å². The van der Waals surface area contributed by atoms with Gasteiger partial charge in [0, 0.05) is 28.3 Å². The second-order valence-corrected chi connectivity index (χ2v) is 5.85. The summed E-state index contributed by atoms with van der Waals surface area (Å²) in [6, 6.07) is 4.49. The van der Waals surface area contributed by atoms with E-state index in [0.717, 1.165) is 11.1 Å². The number of phenolic OH excluding ortho intramolecular Hbond substituents is 1. The first-order valence-corrected chi connectivity index (χ1v) is 7.53. The third-order valence-electron chi connectivity index (χ3n) is 4.65. The average Bonchev–Trinajstić information content (AvgIpc) is 3.06. The van der Waals surface area contributed by atoms with Gasteiger partial charge in [-0.15, -0.1) is 0 Å². The SMILES string of the molecule is COc1cc(O)c2c(c1)C(=O)C1NC=Cc3cc4c(c-2c31)OCO4. The standard InChI is InChI=1S/C18H13NO5/c1-22-9-5-10-14(11(20)6-9)15-13-8(2-3-19-16(13)17(10)21)4-12-18(15)24-7-23-12/h2-6,16,19-20H,7H2,1H3. The summed E-state index contributed by atoms with van der Waals surface area (Å²) in [4.78, 5) is 13.0. The molecule has 0 amide bonds. The van der Waals surface area contributed by atoms with Gasteiger partial charge in [0.05, 0.1) is 7.11 Å². The van der Waals surface area contributed by atoms with Gasteiger partial charge in [-0.1, -0.05) is 0 Å². The molecule has 0 bridgehead atoms. The van der Waals surface area contributed by atoms with Crippen molar-refractivity contribution >= 4 is 11.9 Å². The molecule has 3 aliphatic rings. The summed E-state index contributed by atoms with van der Waals surface area (Å²) in [5.74, 6) is 1.47. The van der Waals surface area contributed by atoms with E-state index in [2.05, 4.69) is 5.32 Å². The van der Waals surface area contributed by atoms with Crippen molar-refractivity contribution in [2.24, 2.45) is 0 Å². The number of phenols is 1. The molecule has 0 saturated heterocycles. The predicted octanol–water partition coefficient (Wildman–Crippen LogP) is 2.61. The second kappa shape index (κ2) is 4.44. The Bertz CT molecular complexity index is 947. The zero-order valence-electron chi connectivity index (χ0n) is 12.8. The van der Waals surface area contributed by atoms with Crippen molar-refractivity contribution in [2.45, 2.75) is 6.04 Å². The highest BCUT2D eigenvalue weighted by molar-refractivity contribution is 6.13. The number of ketones is 1. The minimum absolute atomic E-state index is 0.0168. The normalized spacial score (nSPS) is 18.7. The Balaban J connectivity index is 1.93. The molecule has 0 fully saturated rings. The Hall–Kier alpha value is -3.15. The van der Waals surface area contributed by atoms with Gasteiger partial charge >= 0.3 is 0 Å². The van der Waals surface area contributed by atoms with Crippen molar-refractivity contribution < 1.29 is 24.1 Å². The molecule has 2 N–H and O–H groups in total. The molecule has 2 aliphatic heterocycles. The van der Waals surface area contributed by atoms with Gasteiger partial charge in [-0.3, -0.25) is 4.79 Å². The molecule has 2 heterocycles. The molecule has 6 nitrogen and oxygen atoms in total.